The fourth-order valence-electron chi connectivity index (χ4n) is 2.51. The van der Waals surface area contributed by atoms with Crippen LogP contribution in [-0.2, 0) is 24.6 Å². The molecular weight excluding hydrogens is 388 g/mol. The van der Waals surface area contributed by atoms with E-state index in [2.05, 4.69) is 4.99 Å². The number of aromatic nitrogens is 2. The van der Waals surface area contributed by atoms with Gasteiger partial charge in [-0.1, -0.05) is 18.2 Å². The van der Waals surface area contributed by atoms with Gasteiger partial charge < -0.3 is 4.74 Å². The highest BCUT2D eigenvalue weighted by molar-refractivity contribution is 7.83. The van der Waals surface area contributed by atoms with Gasteiger partial charge in [0.05, 0.1) is 24.7 Å². The van der Waals surface area contributed by atoms with Crippen LogP contribution in [0.5, 0.6) is 5.75 Å². The average Bonchev–Trinajstić information content (AvgIpc) is 2.71. The van der Waals surface area contributed by atoms with Crippen LogP contribution in [0.2, 0.25) is 0 Å². The molecule has 6 nitrogen and oxygen atoms in total. The van der Waals surface area contributed by atoms with E-state index in [1.807, 2.05) is 0 Å². The van der Waals surface area contributed by atoms with Gasteiger partial charge in [0.2, 0.25) is 0 Å². The van der Waals surface area contributed by atoms with Gasteiger partial charge in [0.1, 0.15) is 11.6 Å². The van der Waals surface area contributed by atoms with Gasteiger partial charge in [-0.15, -0.1) is 0 Å². The molecule has 28 heavy (non-hydrogen) atoms. The number of halogens is 2. The maximum absolute atomic E-state index is 14.6. The van der Waals surface area contributed by atoms with E-state index in [0.717, 1.165) is 14.7 Å². The van der Waals surface area contributed by atoms with Gasteiger partial charge in [-0.05, 0) is 30.3 Å². The molecule has 3 rings (SSSR count). The molecule has 2 aromatic carbocycles. The van der Waals surface area contributed by atoms with Crippen molar-refractivity contribution in [2.75, 3.05) is 7.11 Å². The van der Waals surface area contributed by atoms with Crippen LogP contribution in [0.15, 0.2) is 69.4 Å². The second kappa shape index (κ2) is 8.30. The van der Waals surface area contributed by atoms with Gasteiger partial charge in [0.25, 0.3) is 0 Å². The quantitative estimate of drug-likeness (QED) is 0.653. The third-order valence-electron chi connectivity index (χ3n) is 4.03. The van der Waals surface area contributed by atoms with Gasteiger partial charge in [0, 0.05) is 12.6 Å². The summed E-state index contributed by atoms with van der Waals surface area (Å²) in [5.41, 5.74) is -0.702. The first-order chi connectivity index (χ1) is 13.4. The molecule has 146 valence electrons. The highest BCUT2D eigenvalue weighted by Crippen LogP contribution is 2.14. The minimum absolute atomic E-state index is 0.136. The van der Waals surface area contributed by atoms with Crippen molar-refractivity contribution in [3.8, 4) is 5.75 Å². The summed E-state index contributed by atoms with van der Waals surface area (Å²) in [4.78, 5) is 16.9. The Bertz CT molecular complexity index is 1150. The summed E-state index contributed by atoms with van der Waals surface area (Å²) in [6, 6.07) is 12.2. The summed E-state index contributed by atoms with van der Waals surface area (Å²) in [5.74, 6) is -0.754. The molecule has 0 aliphatic rings. The van der Waals surface area contributed by atoms with E-state index in [1.165, 1.54) is 44.5 Å². The molecule has 1 heterocycles. The molecule has 0 aliphatic heterocycles. The monoisotopic (exact) mass is 405 g/mol. The Balaban J connectivity index is 2.00. The highest BCUT2D eigenvalue weighted by atomic mass is 32.2. The predicted molar refractivity (Wildman–Crippen MR) is 100 cm³/mol. The lowest BCUT2D eigenvalue weighted by atomic mass is 10.2. The lowest BCUT2D eigenvalue weighted by Gasteiger charge is -2.09. The standard InChI is InChI=1S/C19H17F2N3O3S/c1-23-18(22-11-13-5-3-4-6-16(13)20)17(21)12-24(19(23)25)28(26)15-9-7-14(27-2)8-10-15/h3-10,12H,11H2,1-2H3. The van der Waals surface area contributed by atoms with E-state index in [1.54, 1.807) is 18.2 Å². The van der Waals surface area contributed by atoms with Crippen LogP contribution < -0.4 is 15.9 Å². The second-order valence-electron chi connectivity index (χ2n) is 5.80. The van der Waals surface area contributed by atoms with Crippen molar-refractivity contribution >= 4 is 11.0 Å². The largest absolute Gasteiger partial charge is 0.497 e. The third kappa shape index (κ3) is 3.94. The summed E-state index contributed by atoms with van der Waals surface area (Å²) < 4.78 is 47.7. The first-order valence-electron chi connectivity index (χ1n) is 8.20. The van der Waals surface area contributed by atoms with Crippen LogP contribution in [0.3, 0.4) is 0 Å². The number of ether oxygens (including phenoxy) is 1. The molecular formula is C19H17F2N3O3S. The summed E-state index contributed by atoms with van der Waals surface area (Å²) in [5, 5.41) is 0. The number of hydrogen-bond donors (Lipinski definition) is 0. The Labute approximate surface area is 162 Å². The van der Waals surface area contributed by atoms with Gasteiger partial charge >= 0.3 is 5.69 Å². The fraction of sp³-hybridized carbons (Fsp3) is 0.158. The third-order valence-corrected chi connectivity index (χ3v) is 5.33. The van der Waals surface area contributed by atoms with E-state index in [9.17, 15) is 17.8 Å². The van der Waals surface area contributed by atoms with Crippen molar-refractivity contribution in [1.82, 2.24) is 8.54 Å². The zero-order valence-electron chi connectivity index (χ0n) is 15.1. The molecule has 1 aromatic heterocycles. The van der Waals surface area contributed by atoms with E-state index in [-0.39, 0.29) is 17.6 Å². The normalized spacial score (nSPS) is 12.8. The van der Waals surface area contributed by atoms with Gasteiger partial charge in [-0.2, -0.15) is 0 Å². The number of nitrogens with zero attached hydrogens (tertiary/aromatic N) is 3. The van der Waals surface area contributed by atoms with Crippen molar-refractivity contribution in [3.05, 3.63) is 87.9 Å². The highest BCUT2D eigenvalue weighted by Gasteiger charge is 2.14. The van der Waals surface area contributed by atoms with Gasteiger partial charge in [-0.3, -0.25) is 9.56 Å². The van der Waals surface area contributed by atoms with Crippen LogP contribution in [0.25, 0.3) is 0 Å². The summed E-state index contributed by atoms with van der Waals surface area (Å²) in [7, 11) is 0.853. The van der Waals surface area contributed by atoms with Crippen molar-refractivity contribution < 1.29 is 17.7 Å². The van der Waals surface area contributed by atoms with Crippen LogP contribution in [0, 0.1) is 11.6 Å². The number of methoxy groups -OCH3 is 1. The Morgan fingerprint density at radius 3 is 2.39 bits per heavy atom. The van der Waals surface area contributed by atoms with Crippen molar-refractivity contribution in [2.24, 2.45) is 12.0 Å². The van der Waals surface area contributed by atoms with Crippen LogP contribution in [-0.4, -0.2) is 19.9 Å². The number of benzene rings is 2. The molecule has 1 unspecified atom stereocenters. The summed E-state index contributed by atoms with van der Waals surface area (Å²) in [6.45, 7) is -0.136. The van der Waals surface area contributed by atoms with E-state index < -0.39 is 28.3 Å². The van der Waals surface area contributed by atoms with Crippen LogP contribution >= 0.6 is 0 Å². The molecule has 9 heteroatoms. The van der Waals surface area contributed by atoms with Gasteiger partial charge in [-0.25, -0.2) is 21.8 Å². The molecule has 0 spiro atoms. The first-order valence-corrected chi connectivity index (χ1v) is 9.31. The number of hydrogen-bond acceptors (Lipinski definition) is 4. The Kier molecular flexibility index (Phi) is 5.84. The fourth-order valence-corrected chi connectivity index (χ4v) is 3.56. The zero-order valence-corrected chi connectivity index (χ0v) is 16.0. The van der Waals surface area contributed by atoms with Gasteiger partial charge in [0.15, 0.2) is 22.3 Å². The lowest BCUT2D eigenvalue weighted by Crippen LogP contribution is -2.41. The molecule has 1 atom stereocenters. The van der Waals surface area contributed by atoms with E-state index >= 15 is 0 Å². The summed E-state index contributed by atoms with van der Waals surface area (Å²) in [6.07, 6.45) is 0.836. The molecule has 0 saturated carbocycles. The number of rotatable bonds is 5. The molecule has 0 fully saturated rings. The lowest BCUT2D eigenvalue weighted by molar-refractivity contribution is 0.414. The molecule has 0 bridgehead atoms. The van der Waals surface area contributed by atoms with Crippen molar-refractivity contribution in [2.45, 2.75) is 11.4 Å². The molecule has 0 radical (unpaired) electrons. The SMILES string of the molecule is COc1ccc(S(=O)n2cc(F)c(=NCc3ccccc3F)n(C)c2=O)cc1. The van der Waals surface area contributed by atoms with Crippen LogP contribution in [0.4, 0.5) is 8.78 Å². The zero-order chi connectivity index (χ0) is 20.3. The smallest absolute Gasteiger partial charge is 0.341 e. The van der Waals surface area contributed by atoms with Crippen molar-refractivity contribution in [3.63, 3.8) is 0 Å². The molecule has 3 aromatic rings. The van der Waals surface area contributed by atoms with Crippen LogP contribution in [0.1, 0.15) is 5.56 Å². The molecule has 0 amide bonds. The van der Waals surface area contributed by atoms with E-state index in [4.69, 9.17) is 4.74 Å². The topological polar surface area (TPSA) is 65.6 Å². The second-order valence-corrected chi connectivity index (χ2v) is 7.16. The summed E-state index contributed by atoms with van der Waals surface area (Å²) >= 11 is 0. The minimum Gasteiger partial charge on any atom is -0.497 e. The Morgan fingerprint density at radius 1 is 1.07 bits per heavy atom. The Hall–Kier alpha value is -3.07. The molecule has 0 N–H and O–H groups in total. The Morgan fingerprint density at radius 2 is 1.75 bits per heavy atom. The first kappa shape index (κ1) is 19.7. The average molecular weight is 405 g/mol. The van der Waals surface area contributed by atoms with E-state index in [0.29, 0.717) is 10.6 Å². The predicted octanol–water partition coefficient (Wildman–Crippen LogP) is 2.15. The molecule has 0 saturated heterocycles. The molecule has 0 aliphatic carbocycles. The maximum Gasteiger partial charge on any atom is 0.341 e. The maximum atomic E-state index is 14.6. The van der Waals surface area contributed by atoms with Crippen molar-refractivity contribution in [1.29, 1.82) is 0 Å². The minimum atomic E-state index is -1.95.